The molecule has 0 radical (unpaired) electrons. The second-order valence-corrected chi connectivity index (χ2v) is 9.42. The van der Waals surface area contributed by atoms with Crippen LogP contribution in [0.4, 0.5) is 0 Å². The fourth-order valence-electron chi connectivity index (χ4n) is 3.84. The van der Waals surface area contributed by atoms with Crippen LogP contribution in [-0.2, 0) is 34.2 Å². The van der Waals surface area contributed by atoms with Crippen LogP contribution in [0.25, 0.3) is 10.8 Å². The molecular formula is C23H24N2O3S. The molecule has 3 aromatic carbocycles. The Morgan fingerprint density at radius 1 is 0.931 bits per heavy atom. The van der Waals surface area contributed by atoms with Crippen LogP contribution in [-0.4, -0.2) is 37.5 Å². The molecule has 0 saturated carbocycles. The Labute approximate surface area is 171 Å². The minimum atomic E-state index is -3.41. The topological polar surface area (TPSA) is 66.5 Å². The zero-order chi connectivity index (χ0) is 20.3. The number of benzene rings is 3. The molecule has 0 aromatic heterocycles. The largest absolute Gasteiger partial charge is 0.355 e. The van der Waals surface area contributed by atoms with Crippen molar-refractivity contribution in [2.24, 2.45) is 0 Å². The third-order valence-corrected chi connectivity index (χ3v) is 7.22. The summed E-state index contributed by atoms with van der Waals surface area (Å²) in [6.45, 7) is 1.01. The highest BCUT2D eigenvalue weighted by Gasteiger charge is 2.26. The molecule has 0 saturated heterocycles. The Bertz CT molecular complexity index is 1140. The SMILES string of the molecule is O=C(Cc1cccc2ccccc12)NCCS(=O)(=O)N1CCc2ccccc2C1. The van der Waals surface area contributed by atoms with Gasteiger partial charge in [-0.15, -0.1) is 0 Å². The van der Waals surface area contributed by atoms with Crippen LogP contribution in [0.2, 0.25) is 0 Å². The maximum Gasteiger partial charge on any atom is 0.224 e. The number of hydrogen-bond donors (Lipinski definition) is 1. The van der Waals surface area contributed by atoms with Gasteiger partial charge >= 0.3 is 0 Å². The van der Waals surface area contributed by atoms with Gasteiger partial charge in [0.05, 0.1) is 12.2 Å². The average molecular weight is 409 g/mol. The molecule has 0 spiro atoms. The highest BCUT2D eigenvalue weighted by Crippen LogP contribution is 2.21. The van der Waals surface area contributed by atoms with Crippen LogP contribution in [0.5, 0.6) is 0 Å². The second kappa shape index (κ2) is 8.35. The van der Waals surface area contributed by atoms with E-state index in [0.717, 1.165) is 28.3 Å². The maximum absolute atomic E-state index is 12.7. The van der Waals surface area contributed by atoms with E-state index in [1.165, 1.54) is 9.87 Å². The van der Waals surface area contributed by atoms with Crippen molar-refractivity contribution in [3.05, 3.63) is 83.4 Å². The van der Waals surface area contributed by atoms with Crippen molar-refractivity contribution in [3.8, 4) is 0 Å². The lowest BCUT2D eigenvalue weighted by Crippen LogP contribution is -2.40. The fraction of sp³-hybridized carbons (Fsp3) is 0.261. The molecule has 0 bridgehead atoms. The number of carbonyl (C=O) groups excluding carboxylic acids is 1. The first-order valence-electron chi connectivity index (χ1n) is 9.81. The fourth-order valence-corrected chi connectivity index (χ4v) is 5.16. The van der Waals surface area contributed by atoms with E-state index in [0.29, 0.717) is 13.1 Å². The number of rotatable bonds is 6. The van der Waals surface area contributed by atoms with Crippen molar-refractivity contribution in [2.75, 3.05) is 18.8 Å². The Morgan fingerprint density at radius 3 is 2.52 bits per heavy atom. The molecule has 0 atom stereocenters. The van der Waals surface area contributed by atoms with Crippen LogP contribution < -0.4 is 5.32 Å². The maximum atomic E-state index is 12.7. The highest BCUT2D eigenvalue weighted by atomic mass is 32.2. The van der Waals surface area contributed by atoms with Gasteiger partial charge in [-0.1, -0.05) is 66.7 Å². The van der Waals surface area contributed by atoms with Crippen LogP contribution in [0.3, 0.4) is 0 Å². The van der Waals surface area contributed by atoms with Crippen molar-refractivity contribution in [3.63, 3.8) is 0 Å². The summed E-state index contributed by atoms with van der Waals surface area (Å²) in [5, 5.41) is 4.90. The summed E-state index contributed by atoms with van der Waals surface area (Å²) in [5.41, 5.74) is 3.21. The first-order valence-corrected chi connectivity index (χ1v) is 11.4. The van der Waals surface area contributed by atoms with Crippen molar-refractivity contribution in [1.82, 2.24) is 9.62 Å². The molecule has 1 heterocycles. The van der Waals surface area contributed by atoms with E-state index in [2.05, 4.69) is 5.32 Å². The second-order valence-electron chi connectivity index (χ2n) is 7.33. The van der Waals surface area contributed by atoms with Crippen molar-refractivity contribution < 1.29 is 13.2 Å². The highest BCUT2D eigenvalue weighted by molar-refractivity contribution is 7.89. The summed E-state index contributed by atoms with van der Waals surface area (Å²) >= 11 is 0. The normalized spacial score (nSPS) is 14.5. The third kappa shape index (κ3) is 4.49. The summed E-state index contributed by atoms with van der Waals surface area (Å²) < 4.78 is 26.9. The van der Waals surface area contributed by atoms with E-state index in [1.807, 2.05) is 66.7 Å². The molecule has 5 nitrogen and oxygen atoms in total. The third-order valence-electron chi connectivity index (χ3n) is 5.40. The summed E-state index contributed by atoms with van der Waals surface area (Å²) in [5.74, 6) is -0.253. The smallest absolute Gasteiger partial charge is 0.224 e. The summed E-state index contributed by atoms with van der Waals surface area (Å²) in [7, 11) is -3.41. The van der Waals surface area contributed by atoms with E-state index < -0.39 is 10.0 Å². The van der Waals surface area contributed by atoms with Crippen LogP contribution >= 0.6 is 0 Å². The molecule has 1 N–H and O–H groups in total. The van der Waals surface area contributed by atoms with Crippen LogP contribution in [0.15, 0.2) is 66.7 Å². The molecular weight excluding hydrogens is 384 g/mol. The van der Waals surface area contributed by atoms with Crippen LogP contribution in [0, 0.1) is 0 Å². The van der Waals surface area contributed by atoms with Gasteiger partial charge in [0.2, 0.25) is 15.9 Å². The molecule has 0 unspecified atom stereocenters. The number of carbonyl (C=O) groups is 1. The van der Waals surface area contributed by atoms with E-state index in [1.54, 1.807) is 0 Å². The number of nitrogens with zero attached hydrogens (tertiary/aromatic N) is 1. The summed E-state index contributed by atoms with van der Waals surface area (Å²) in [4.78, 5) is 12.4. The zero-order valence-electron chi connectivity index (χ0n) is 16.2. The minimum absolute atomic E-state index is 0.0869. The lowest BCUT2D eigenvalue weighted by Gasteiger charge is -2.28. The predicted octanol–water partition coefficient (Wildman–Crippen LogP) is 2.89. The van der Waals surface area contributed by atoms with Gasteiger partial charge in [0.25, 0.3) is 0 Å². The Morgan fingerprint density at radius 2 is 1.66 bits per heavy atom. The van der Waals surface area contributed by atoms with Crippen molar-refractivity contribution in [2.45, 2.75) is 19.4 Å². The van der Waals surface area contributed by atoms with Gasteiger partial charge in [-0.2, -0.15) is 4.31 Å². The van der Waals surface area contributed by atoms with Crippen LogP contribution in [0.1, 0.15) is 16.7 Å². The molecule has 3 aromatic rings. The number of sulfonamides is 1. The first kappa shape index (κ1) is 19.6. The van der Waals surface area contributed by atoms with Gasteiger partial charge in [-0.3, -0.25) is 4.79 Å². The molecule has 1 aliphatic rings. The van der Waals surface area contributed by atoms with Gasteiger partial charge in [0.15, 0.2) is 0 Å². The molecule has 0 aliphatic carbocycles. The summed E-state index contributed by atoms with van der Waals surface area (Å²) in [6.07, 6.45) is 0.960. The molecule has 0 fully saturated rings. The van der Waals surface area contributed by atoms with Crippen molar-refractivity contribution in [1.29, 1.82) is 0 Å². The first-order chi connectivity index (χ1) is 14.0. The molecule has 29 heavy (non-hydrogen) atoms. The Balaban J connectivity index is 1.33. The van der Waals surface area contributed by atoms with Gasteiger partial charge in [-0.05, 0) is 33.9 Å². The molecule has 150 valence electrons. The van der Waals surface area contributed by atoms with Gasteiger partial charge in [0, 0.05) is 19.6 Å². The monoisotopic (exact) mass is 408 g/mol. The number of amides is 1. The standard InChI is InChI=1S/C23H24N2O3S/c26-23(16-20-10-5-9-19-7-3-4-11-22(19)20)24-13-15-29(27,28)25-14-12-18-6-1-2-8-21(18)17-25/h1-11H,12-17H2,(H,24,26). The van der Waals surface area contributed by atoms with E-state index in [-0.39, 0.29) is 24.6 Å². The Kier molecular flexibility index (Phi) is 5.65. The number of fused-ring (bicyclic) bond motifs is 2. The lowest BCUT2D eigenvalue weighted by atomic mass is 10.0. The molecule has 1 amide bonds. The zero-order valence-corrected chi connectivity index (χ0v) is 17.0. The van der Waals surface area contributed by atoms with E-state index in [9.17, 15) is 13.2 Å². The Hall–Kier alpha value is -2.70. The predicted molar refractivity (Wildman–Crippen MR) is 115 cm³/mol. The van der Waals surface area contributed by atoms with Gasteiger partial charge < -0.3 is 5.32 Å². The number of hydrogen-bond acceptors (Lipinski definition) is 3. The molecule has 1 aliphatic heterocycles. The lowest BCUT2D eigenvalue weighted by molar-refractivity contribution is -0.120. The molecule has 6 heteroatoms. The van der Waals surface area contributed by atoms with Gasteiger partial charge in [-0.25, -0.2) is 8.42 Å². The quantitative estimate of drug-likeness (QED) is 0.682. The number of nitrogens with one attached hydrogen (secondary N) is 1. The summed E-state index contributed by atoms with van der Waals surface area (Å²) in [6, 6.07) is 21.8. The average Bonchev–Trinajstić information content (AvgIpc) is 2.73. The van der Waals surface area contributed by atoms with Crippen molar-refractivity contribution >= 4 is 26.7 Å². The minimum Gasteiger partial charge on any atom is -0.355 e. The van der Waals surface area contributed by atoms with Gasteiger partial charge in [0.1, 0.15) is 0 Å². The van der Waals surface area contributed by atoms with E-state index >= 15 is 0 Å². The molecule has 4 rings (SSSR count). The van der Waals surface area contributed by atoms with E-state index in [4.69, 9.17) is 0 Å².